The summed E-state index contributed by atoms with van der Waals surface area (Å²) in [6.07, 6.45) is 5.27. The molecule has 2 atom stereocenters. The van der Waals surface area contributed by atoms with Crippen LogP contribution in [-0.2, 0) is 14.8 Å². The van der Waals surface area contributed by atoms with Gasteiger partial charge in [-0.25, -0.2) is 13.1 Å². The summed E-state index contributed by atoms with van der Waals surface area (Å²) in [6.45, 7) is 2.58. The van der Waals surface area contributed by atoms with Gasteiger partial charge >= 0.3 is 0 Å². The van der Waals surface area contributed by atoms with Gasteiger partial charge < -0.3 is 10.1 Å². The van der Waals surface area contributed by atoms with Gasteiger partial charge in [0.1, 0.15) is 0 Å². The van der Waals surface area contributed by atoms with Gasteiger partial charge in [0, 0.05) is 6.61 Å². The van der Waals surface area contributed by atoms with E-state index in [1.807, 2.05) is 0 Å². The van der Waals surface area contributed by atoms with Gasteiger partial charge in [-0.3, -0.25) is 0 Å². The fourth-order valence-electron chi connectivity index (χ4n) is 3.26. The van der Waals surface area contributed by atoms with Gasteiger partial charge in [-0.1, -0.05) is 0 Å². The lowest BCUT2D eigenvalue weighted by Gasteiger charge is -2.24. The maximum absolute atomic E-state index is 12.3. The van der Waals surface area contributed by atoms with Crippen molar-refractivity contribution in [2.45, 2.75) is 44.2 Å². The van der Waals surface area contributed by atoms with Gasteiger partial charge in [-0.05, 0) is 57.0 Å². The van der Waals surface area contributed by atoms with Crippen molar-refractivity contribution in [2.24, 2.45) is 11.8 Å². The van der Waals surface area contributed by atoms with Crippen LogP contribution in [0.2, 0.25) is 0 Å². The van der Waals surface area contributed by atoms with Crippen LogP contribution in [-0.4, -0.2) is 46.0 Å². The molecule has 110 valence electrons. The smallest absolute Gasteiger partial charge is 0.212 e. The highest BCUT2D eigenvalue weighted by Crippen LogP contribution is 2.39. The number of piperidine rings is 1. The van der Waals surface area contributed by atoms with Crippen LogP contribution in [0.15, 0.2) is 0 Å². The molecule has 2 unspecified atom stereocenters. The Morgan fingerprint density at radius 1 is 1.11 bits per heavy atom. The molecule has 0 radical (unpaired) electrons. The summed E-state index contributed by atoms with van der Waals surface area (Å²) in [6, 6.07) is 0.0132. The third-order valence-electron chi connectivity index (χ3n) is 4.47. The minimum Gasteiger partial charge on any atom is -0.376 e. The zero-order chi connectivity index (χ0) is 13.3. The molecule has 0 aromatic carbocycles. The van der Waals surface area contributed by atoms with E-state index in [9.17, 15) is 8.42 Å². The zero-order valence-corrected chi connectivity index (χ0v) is 12.1. The maximum atomic E-state index is 12.3. The summed E-state index contributed by atoms with van der Waals surface area (Å²) in [5.74, 6) is 1.18. The van der Waals surface area contributed by atoms with Crippen molar-refractivity contribution >= 4 is 10.0 Å². The molecule has 2 aliphatic heterocycles. The van der Waals surface area contributed by atoms with Gasteiger partial charge in [0.05, 0.1) is 17.9 Å². The first-order valence-corrected chi connectivity index (χ1v) is 9.11. The maximum Gasteiger partial charge on any atom is 0.212 e. The van der Waals surface area contributed by atoms with Crippen molar-refractivity contribution in [1.29, 1.82) is 0 Å². The third-order valence-corrected chi connectivity index (χ3v) is 6.04. The van der Waals surface area contributed by atoms with Crippen LogP contribution in [0.5, 0.6) is 0 Å². The summed E-state index contributed by atoms with van der Waals surface area (Å²) < 4.78 is 33.1. The molecule has 5 nitrogen and oxygen atoms in total. The van der Waals surface area contributed by atoms with E-state index in [2.05, 4.69) is 10.0 Å². The number of ether oxygens (including phenoxy) is 1. The zero-order valence-electron chi connectivity index (χ0n) is 11.3. The van der Waals surface area contributed by atoms with E-state index in [0.717, 1.165) is 32.4 Å². The van der Waals surface area contributed by atoms with Crippen molar-refractivity contribution < 1.29 is 13.2 Å². The predicted octanol–water partition coefficient (Wildman–Crippen LogP) is 0.473. The fourth-order valence-corrected chi connectivity index (χ4v) is 5.03. The lowest BCUT2D eigenvalue weighted by Crippen LogP contribution is -2.44. The number of sulfonamides is 1. The number of hydrogen-bond acceptors (Lipinski definition) is 4. The predicted molar refractivity (Wildman–Crippen MR) is 73.4 cm³/mol. The lowest BCUT2D eigenvalue weighted by molar-refractivity contribution is 0.0847. The molecule has 1 saturated carbocycles. The largest absolute Gasteiger partial charge is 0.376 e. The summed E-state index contributed by atoms with van der Waals surface area (Å²) in [5, 5.41) is 3.27. The van der Waals surface area contributed by atoms with Crippen LogP contribution in [0.4, 0.5) is 0 Å². The molecule has 0 spiro atoms. The lowest BCUT2D eigenvalue weighted by atomic mass is 10.0. The standard InChI is InChI=1S/C13H24N2O3S/c16-19(17,9-10-3-6-14-7-4-10)15-12-5-8-18-13(12)11-1-2-11/h10-15H,1-9H2. The third kappa shape index (κ3) is 3.68. The Kier molecular flexibility index (Phi) is 4.12. The SMILES string of the molecule is O=S(=O)(CC1CCNCC1)NC1CCOC1C1CC1. The topological polar surface area (TPSA) is 67.4 Å². The van der Waals surface area contributed by atoms with Gasteiger partial charge in [0.2, 0.25) is 10.0 Å². The van der Waals surface area contributed by atoms with Gasteiger partial charge in [-0.2, -0.15) is 0 Å². The average Bonchev–Trinajstić information content (AvgIpc) is 3.11. The van der Waals surface area contributed by atoms with E-state index in [-0.39, 0.29) is 17.9 Å². The second kappa shape index (κ2) is 5.68. The molecule has 0 bridgehead atoms. The fraction of sp³-hybridized carbons (Fsp3) is 1.00. The van der Waals surface area contributed by atoms with Crippen molar-refractivity contribution in [3.8, 4) is 0 Å². The van der Waals surface area contributed by atoms with Crippen LogP contribution >= 0.6 is 0 Å². The van der Waals surface area contributed by atoms with Crippen molar-refractivity contribution in [3.63, 3.8) is 0 Å². The van der Waals surface area contributed by atoms with Crippen LogP contribution in [0.3, 0.4) is 0 Å². The number of nitrogens with one attached hydrogen (secondary N) is 2. The molecule has 3 aliphatic rings. The minimum absolute atomic E-state index is 0.0132. The highest BCUT2D eigenvalue weighted by atomic mass is 32.2. The van der Waals surface area contributed by atoms with Crippen molar-refractivity contribution in [1.82, 2.24) is 10.0 Å². The minimum atomic E-state index is -3.16. The molecular formula is C13H24N2O3S. The Morgan fingerprint density at radius 2 is 1.84 bits per heavy atom. The number of rotatable bonds is 5. The highest BCUT2D eigenvalue weighted by molar-refractivity contribution is 7.89. The molecule has 19 heavy (non-hydrogen) atoms. The van der Waals surface area contributed by atoms with Crippen LogP contribution in [0.1, 0.15) is 32.1 Å². The molecular weight excluding hydrogens is 264 g/mol. The normalized spacial score (nSPS) is 33.7. The molecule has 0 amide bonds. The summed E-state index contributed by atoms with van der Waals surface area (Å²) in [4.78, 5) is 0. The highest BCUT2D eigenvalue weighted by Gasteiger charge is 2.42. The monoisotopic (exact) mass is 288 g/mol. The van der Waals surface area contributed by atoms with Crippen molar-refractivity contribution in [2.75, 3.05) is 25.4 Å². The molecule has 2 saturated heterocycles. The molecule has 2 heterocycles. The van der Waals surface area contributed by atoms with E-state index in [1.165, 1.54) is 12.8 Å². The molecule has 6 heteroatoms. The molecule has 3 rings (SSSR count). The van der Waals surface area contributed by atoms with Gasteiger partial charge in [0.15, 0.2) is 0 Å². The van der Waals surface area contributed by atoms with Crippen LogP contribution < -0.4 is 10.0 Å². The van der Waals surface area contributed by atoms with E-state index < -0.39 is 10.0 Å². The van der Waals surface area contributed by atoms with Gasteiger partial charge in [0.25, 0.3) is 0 Å². The summed E-state index contributed by atoms with van der Waals surface area (Å²) in [5.41, 5.74) is 0. The average molecular weight is 288 g/mol. The van der Waals surface area contributed by atoms with Gasteiger partial charge in [-0.15, -0.1) is 0 Å². The Hall–Kier alpha value is -0.170. The molecule has 2 N–H and O–H groups in total. The van der Waals surface area contributed by atoms with Crippen LogP contribution in [0.25, 0.3) is 0 Å². The second-order valence-corrected chi connectivity index (χ2v) is 7.96. The molecule has 0 aromatic heterocycles. The Labute approximate surface area is 115 Å². The first-order valence-electron chi connectivity index (χ1n) is 7.46. The first-order chi connectivity index (χ1) is 9.14. The van der Waals surface area contributed by atoms with E-state index in [4.69, 9.17) is 4.74 Å². The summed E-state index contributed by atoms with van der Waals surface area (Å²) in [7, 11) is -3.16. The Bertz CT molecular complexity index is 402. The molecule has 3 fully saturated rings. The number of hydrogen-bond donors (Lipinski definition) is 2. The van der Waals surface area contributed by atoms with Crippen molar-refractivity contribution in [3.05, 3.63) is 0 Å². The summed E-state index contributed by atoms with van der Waals surface area (Å²) >= 11 is 0. The molecule has 0 aromatic rings. The van der Waals surface area contributed by atoms with E-state index >= 15 is 0 Å². The Morgan fingerprint density at radius 3 is 2.53 bits per heavy atom. The van der Waals surface area contributed by atoms with Crippen LogP contribution in [0, 0.1) is 11.8 Å². The molecule has 1 aliphatic carbocycles. The first kappa shape index (κ1) is 13.8. The second-order valence-electron chi connectivity index (χ2n) is 6.16. The Balaban J connectivity index is 1.54. The van der Waals surface area contributed by atoms with E-state index in [1.54, 1.807) is 0 Å². The van der Waals surface area contributed by atoms with E-state index in [0.29, 0.717) is 18.4 Å². The quantitative estimate of drug-likeness (QED) is 0.772.